The number of ether oxygens (including phenoxy) is 1. The molecule has 0 unspecified atom stereocenters. The number of carbonyl (C=O) groups is 3. The molecule has 0 bridgehead atoms. The number of aromatic carboxylic acids is 1. The minimum absolute atomic E-state index is 0.0223. The van der Waals surface area contributed by atoms with Crippen molar-refractivity contribution in [2.24, 2.45) is 0 Å². The summed E-state index contributed by atoms with van der Waals surface area (Å²) in [5.41, 5.74) is -0.694. The first kappa shape index (κ1) is 25.1. The Morgan fingerprint density at radius 3 is 2.32 bits per heavy atom. The smallest absolute Gasteiger partial charge is 0.411 e. The molecule has 2 amide bonds. The van der Waals surface area contributed by atoms with Crippen LogP contribution in [0.15, 0.2) is 36.4 Å². The average molecular weight is 478 g/mol. The van der Waals surface area contributed by atoms with Crippen LogP contribution in [-0.2, 0) is 16.1 Å². The Labute approximate surface area is 194 Å². The van der Waals surface area contributed by atoms with Crippen molar-refractivity contribution in [1.29, 1.82) is 0 Å². The van der Waals surface area contributed by atoms with Crippen molar-refractivity contribution < 1.29 is 37.4 Å². The zero-order chi connectivity index (χ0) is 25.2. The molecule has 10 heteroatoms. The summed E-state index contributed by atoms with van der Waals surface area (Å²) >= 11 is 0. The molecular weight excluding hydrogens is 453 g/mol. The number of carbonyl (C=O) groups excluding carboxylic acids is 2. The summed E-state index contributed by atoms with van der Waals surface area (Å²) in [7, 11) is 0. The monoisotopic (exact) mass is 478 g/mol. The maximum absolute atomic E-state index is 14.2. The fourth-order valence-corrected chi connectivity index (χ4v) is 3.48. The van der Waals surface area contributed by atoms with Crippen molar-refractivity contribution in [2.45, 2.75) is 38.8 Å². The van der Waals surface area contributed by atoms with Gasteiger partial charge in [-0.3, -0.25) is 9.69 Å². The lowest BCUT2D eigenvalue weighted by atomic mass is 9.90. The zero-order valence-corrected chi connectivity index (χ0v) is 19.0. The molecule has 0 atom stereocenters. The first-order valence-electron chi connectivity index (χ1n) is 10.6. The van der Waals surface area contributed by atoms with E-state index in [-0.39, 0.29) is 31.1 Å². The van der Waals surface area contributed by atoms with E-state index >= 15 is 0 Å². The van der Waals surface area contributed by atoms with Gasteiger partial charge in [-0.05, 0) is 44.5 Å². The third-order valence-electron chi connectivity index (χ3n) is 5.28. The summed E-state index contributed by atoms with van der Waals surface area (Å²) in [5.74, 6) is -4.45. The van der Waals surface area contributed by atoms with Gasteiger partial charge in [-0.15, -0.1) is 0 Å². The van der Waals surface area contributed by atoms with Gasteiger partial charge in [0, 0.05) is 30.6 Å². The van der Waals surface area contributed by atoms with E-state index < -0.39 is 53.1 Å². The number of rotatable bonds is 6. The molecule has 1 aliphatic heterocycles. The molecular formula is C24H25F3N2O5. The molecule has 1 saturated heterocycles. The molecule has 34 heavy (non-hydrogen) atoms. The molecule has 0 aliphatic carbocycles. The molecule has 2 aromatic carbocycles. The van der Waals surface area contributed by atoms with Crippen molar-refractivity contribution in [3.8, 4) is 0 Å². The predicted octanol–water partition coefficient (Wildman–Crippen LogP) is 4.17. The van der Waals surface area contributed by atoms with E-state index in [1.54, 1.807) is 20.8 Å². The number of amides is 2. The number of hydrogen-bond acceptors (Lipinski definition) is 4. The van der Waals surface area contributed by atoms with Crippen LogP contribution in [0.3, 0.4) is 0 Å². The maximum Gasteiger partial charge on any atom is 0.411 e. The van der Waals surface area contributed by atoms with Crippen molar-refractivity contribution in [3.63, 3.8) is 0 Å². The fourth-order valence-electron chi connectivity index (χ4n) is 3.48. The fraction of sp³-hybridized carbons (Fsp3) is 0.375. The van der Waals surface area contributed by atoms with Crippen LogP contribution < -0.4 is 0 Å². The van der Waals surface area contributed by atoms with Crippen molar-refractivity contribution in [1.82, 2.24) is 9.80 Å². The Hall–Kier alpha value is -3.56. The summed E-state index contributed by atoms with van der Waals surface area (Å²) in [6.07, 6.45) is -0.828. The van der Waals surface area contributed by atoms with Gasteiger partial charge in [0.15, 0.2) is 0 Å². The Bertz CT molecular complexity index is 1110. The number of hydrogen-bond donors (Lipinski definition) is 1. The van der Waals surface area contributed by atoms with Gasteiger partial charge in [-0.25, -0.2) is 22.8 Å². The first-order valence-corrected chi connectivity index (χ1v) is 10.6. The second-order valence-corrected chi connectivity index (χ2v) is 9.11. The van der Waals surface area contributed by atoms with Crippen LogP contribution in [0.2, 0.25) is 0 Å². The second kappa shape index (κ2) is 9.74. The van der Waals surface area contributed by atoms with Crippen LogP contribution in [0.25, 0.3) is 0 Å². The number of benzene rings is 2. The molecule has 1 aliphatic rings. The van der Waals surface area contributed by atoms with E-state index in [1.807, 2.05) is 0 Å². The van der Waals surface area contributed by atoms with Crippen LogP contribution in [0.1, 0.15) is 48.2 Å². The van der Waals surface area contributed by atoms with Gasteiger partial charge in [0.2, 0.25) is 5.91 Å². The van der Waals surface area contributed by atoms with Gasteiger partial charge in [0.1, 0.15) is 29.6 Å². The second-order valence-electron chi connectivity index (χ2n) is 9.11. The number of halogens is 3. The molecule has 1 heterocycles. The number of carboxylic acids is 1. The molecule has 3 rings (SSSR count). The van der Waals surface area contributed by atoms with E-state index in [4.69, 9.17) is 9.84 Å². The van der Waals surface area contributed by atoms with E-state index in [0.717, 1.165) is 17.0 Å². The highest BCUT2D eigenvalue weighted by Crippen LogP contribution is 2.29. The highest BCUT2D eigenvalue weighted by Gasteiger charge is 2.34. The molecule has 2 aromatic rings. The first-order chi connectivity index (χ1) is 15.8. The standard InChI is InChI=1S/C24H25F3N2O5/c1-24(2,3)34-23(33)29(10-15-4-6-17(25)9-20(15)27)13-21(30)28-11-16(12-28)14-5-7-19(26)18(8-14)22(31)32/h4-9,16H,10-13H2,1-3H3,(H,31,32). The lowest BCUT2D eigenvalue weighted by molar-refractivity contribution is -0.137. The summed E-state index contributed by atoms with van der Waals surface area (Å²) < 4.78 is 46.4. The molecule has 7 nitrogen and oxygen atoms in total. The Morgan fingerprint density at radius 2 is 1.74 bits per heavy atom. The molecule has 1 N–H and O–H groups in total. The Balaban J connectivity index is 1.69. The van der Waals surface area contributed by atoms with E-state index in [2.05, 4.69) is 0 Å². The van der Waals surface area contributed by atoms with Gasteiger partial charge >= 0.3 is 12.1 Å². The van der Waals surface area contributed by atoms with Crippen molar-refractivity contribution in [2.75, 3.05) is 19.6 Å². The van der Waals surface area contributed by atoms with Gasteiger partial charge in [-0.2, -0.15) is 0 Å². The molecule has 182 valence electrons. The molecule has 0 radical (unpaired) electrons. The average Bonchev–Trinajstić information content (AvgIpc) is 2.67. The van der Waals surface area contributed by atoms with Crippen LogP contribution in [0.5, 0.6) is 0 Å². The van der Waals surface area contributed by atoms with Gasteiger partial charge in [-0.1, -0.05) is 12.1 Å². The number of nitrogens with zero attached hydrogens (tertiary/aromatic N) is 2. The lowest BCUT2D eigenvalue weighted by Gasteiger charge is -2.40. The zero-order valence-electron chi connectivity index (χ0n) is 19.0. The molecule has 0 spiro atoms. The third kappa shape index (κ3) is 6.06. The summed E-state index contributed by atoms with van der Waals surface area (Å²) in [4.78, 5) is 39.1. The van der Waals surface area contributed by atoms with Crippen LogP contribution >= 0.6 is 0 Å². The van der Waals surface area contributed by atoms with Gasteiger partial charge in [0.05, 0.1) is 12.1 Å². The SMILES string of the molecule is CC(C)(C)OC(=O)N(CC(=O)N1CC(c2ccc(F)c(C(=O)O)c2)C1)Cc1ccc(F)cc1F. The topological polar surface area (TPSA) is 87.2 Å². The highest BCUT2D eigenvalue weighted by atomic mass is 19.1. The number of likely N-dealkylation sites (tertiary alicyclic amines) is 1. The van der Waals surface area contributed by atoms with Gasteiger partial charge < -0.3 is 14.7 Å². The quantitative estimate of drug-likeness (QED) is 0.674. The van der Waals surface area contributed by atoms with E-state index in [0.29, 0.717) is 11.6 Å². The summed E-state index contributed by atoms with van der Waals surface area (Å²) in [6.45, 7) is 4.74. The van der Waals surface area contributed by atoms with Crippen LogP contribution in [0, 0.1) is 17.5 Å². The number of carboxylic acid groups (broad SMARTS) is 1. The van der Waals surface area contributed by atoms with Gasteiger partial charge in [0.25, 0.3) is 0 Å². The third-order valence-corrected chi connectivity index (χ3v) is 5.28. The van der Waals surface area contributed by atoms with Crippen LogP contribution in [0.4, 0.5) is 18.0 Å². The van der Waals surface area contributed by atoms with E-state index in [9.17, 15) is 27.6 Å². The molecule has 0 saturated carbocycles. The largest absolute Gasteiger partial charge is 0.478 e. The maximum atomic E-state index is 14.2. The summed E-state index contributed by atoms with van der Waals surface area (Å²) in [5, 5.41) is 9.09. The minimum Gasteiger partial charge on any atom is -0.478 e. The molecule has 0 aromatic heterocycles. The summed E-state index contributed by atoms with van der Waals surface area (Å²) in [6, 6.07) is 6.73. The normalized spacial score (nSPS) is 13.9. The molecule has 1 fully saturated rings. The van der Waals surface area contributed by atoms with Crippen LogP contribution in [-0.4, -0.2) is 58.1 Å². The minimum atomic E-state index is -1.38. The van der Waals surface area contributed by atoms with Crippen molar-refractivity contribution >= 4 is 18.0 Å². The predicted molar refractivity (Wildman–Crippen MR) is 116 cm³/mol. The Morgan fingerprint density at radius 1 is 1.06 bits per heavy atom. The van der Waals surface area contributed by atoms with E-state index in [1.165, 1.54) is 23.1 Å². The van der Waals surface area contributed by atoms with Crippen molar-refractivity contribution in [3.05, 3.63) is 70.5 Å². The highest BCUT2D eigenvalue weighted by molar-refractivity contribution is 5.88. The lowest BCUT2D eigenvalue weighted by Crippen LogP contribution is -2.52. The Kier molecular flexibility index (Phi) is 7.18.